The van der Waals surface area contributed by atoms with Crippen LogP contribution >= 0.6 is 22.9 Å². The smallest absolute Gasteiger partial charge is 0.496 e. The van der Waals surface area contributed by atoms with E-state index in [4.69, 9.17) is 71.4 Å². The number of hydrogen-bond acceptors (Lipinski definition) is 25. The Labute approximate surface area is 792 Å². The third-order valence-electron chi connectivity index (χ3n) is 23.1. The van der Waals surface area contributed by atoms with Gasteiger partial charge in [0.05, 0.1) is 73.5 Å². The van der Waals surface area contributed by atoms with E-state index in [9.17, 15) is 58.0 Å². The molecule has 1 fully saturated rings. The maximum absolute atomic E-state index is 14.6. The zero-order valence-electron chi connectivity index (χ0n) is 75.3. The molecule has 0 radical (unpaired) electrons. The molecule has 13 rings (SSSR count). The molecule has 0 bridgehead atoms. The Morgan fingerprint density at radius 3 is 2.14 bits per heavy atom. The number of methoxy groups -OCH3 is 1. The predicted molar refractivity (Wildman–Crippen MR) is 505 cm³/mol. The number of aromatic nitrogens is 4. The number of likely N-dealkylation sites (N-methyl/N-ethyl adjacent to an activating group) is 1. The van der Waals surface area contributed by atoms with Crippen molar-refractivity contribution < 1.29 is 99.9 Å². The number of piperazine rings is 1. The number of urea groups is 1. The van der Waals surface area contributed by atoms with Crippen molar-refractivity contribution in [2.24, 2.45) is 11.7 Å². The molecule has 4 heterocycles. The second-order valence-electron chi connectivity index (χ2n) is 32.8. The highest BCUT2D eigenvalue weighted by Gasteiger charge is 2.36. The number of nitrogens with zero attached hydrogens (tertiary/aromatic N) is 8. The van der Waals surface area contributed by atoms with Crippen molar-refractivity contribution in [1.82, 2.24) is 51.0 Å². The van der Waals surface area contributed by atoms with Gasteiger partial charge in [-0.15, -0.1) is 17.8 Å². The number of nitro groups is 1. The van der Waals surface area contributed by atoms with Gasteiger partial charge in [-0.3, -0.25) is 29.4 Å². The second-order valence-corrected chi connectivity index (χ2v) is 34.1. The van der Waals surface area contributed by atoms with Crippen LogP contribution in [0.5, 0.6) is 28.9 Å². The van der Waals surface area contributed by atoms with Crippen molar-refractivity contribution in [3.63, 3.8) is 0 Å². The molecule has 3 atom stereocenters. The summed E-state index contributed by atoms with van der Waals surface area (Å²) >= 11 is 8.62. The molecule has 8 aromatic carbocycles. The molecule has 136 heavy (non-hydrogen) atoms. The second kappa shape index (κ2) is 47.1. The fourth-order valence-corrected chi connectivity index (χ4v) is 17.3. The van der Waals surface area contributed by atoms with Crippen molar-refractivity contribution in [2.45, 2.75) is 90.3 Å². The van der Waals surface area contributed by atoms with Gasteiger partial charge in [-0.05, 0) is 142 Å². The number of rotatable bonds is 44. The number of quaternary nitrogens is 1. The number of primary amides is 1. The van der Waals surface area contributed by atoms with Crippen LogP contribution < -0.4 is 56.0 Å². The Kier molecular flexibility index (Phi) is 34.2. The summed E-state index contributed by atoms with van der Waals surface area (Å²) in [6, 6.07) is 48.3. The summed E-state index contributed by atoms with van der Waals surface area (Å²) < 4.78 is 67.6. The average molecular weight is 1900 g/mol. The number of alkyl carbamates (subject to hydrolysis) is 2. The van der Waals surface area contributed by atoms with E-state index in [1.54, 1.807) is 87.8 Å². The molecule has 2 aliphatic rings. The molecule has 8 N–H and O–H groups in total. The molecule has 708 valence electrons. The topological polar surface area (TPSA) is 427 Å². The number of carbonyl (C=O) groups excluding carboxylic acids is 7. The summed E-state index contributed by atoms with van der Waals surface area (Å²) in [4.78, 5) is 141. The minimum Gasteiger partial charge on any atom is -0.496 e. The van der Waals surface area contributed by atoms with E-state index < -0.39 is 96.1 Å². The molecular formula is C99H103ClFN14O20S+. The number of terminal acetylenes is 1. The molecule has 0 spiro atoms. The van der Waals surface area contributed by atoms with Crippen LogP contribution in [0, 0.1) is 41.1 Å². The van der Waals surface area contributed by atoms with E-state index in [1.807, 2.05) is 91.9 Å². The maximum Gasteiger partial charge on any atom is 0.513 e. The first-order chi connectivity index (χ1) is 65.7. The number of ether oxygens (including phenoxy) is 9. The number of fused-ring (bicyclic) bond motifs is 4. The molecule has 1 aliphatic carbocycles. The van der Waals surface area contributed by atoms with Gasteiger partial charge in [-0.1, -0.05) is 134 Å². The zero-order valence-corrected chi connectivity index (χ0v) is 76.9. The van der Waals surface area contributed by atoms with Gasteiger partial charge in [0.1, 0.15) is 98.2 Å². The molecule has 11 aromatic rings. The van der Waals surface area contributed by atoms with E-state index in [-0.39, 0.29) is 108 Å². The van der Waals surface area contributed by atoms with Crippen LogP contribution in [0.2, 0.25) is 5.02 Å². The van der Waals surface area contributed by atoms with Crippen molar-refractivity contribution in [1.29, 1.82) is 0 Å². The van der Waals surface area contributed by atoms with Gasteiger partial charge in [-0.2, -0.15) is 0 Å². The average Bonchev–Trinajstić information content (AvgIpc) is 1.58. The monoisotopic (exact) mass is 1890 g/mol. The highest BCUT2D eigenvalue weighted by Crippen LogP contribution is 2.50. The standard InChI is InChI=1S/C99H102ClFN14O20S/c1-7-50-128-57-66-54-68(109-91(117)79(23-16-40-104-96(102)121)110-92(118)88(61(2)3)111-98(123)130-52-46-113(47-53-131-99(124)134-71-34-32-70(33-35-71)114(125)126)84(116)39-42-105-97(122)133-59-78-75-20-11-9-18-73(75)74-19-10-12-21-76(74)78)31-28-65(66)56-115(5)48-43-112(44-49-115)45-51-129-82-37-36-72(62(4)87(82)100)85-86-93(106-60-107-94(86)136-89(85)63-26-29-67(101)30-27-63)135-83(95(119)120)55-64-17-8-14-24-80(64)132-58-69-38-41-103-90(108-69)77-22-13-15-25-81(77)127-6/h1,8-15,17-22,24-38,41,54,60-61,78-79,83,88H,16,23,39-40,42-53,55-59H2,2-6H3,(H7-,102,104,105,109,110,111,117,118,119,120,121,122,123)/p+1/t79-,83+,88-/m0/s1. The molecule has 34 nitrogen and oxygen atoms in total. The number of nitrogens with one attached hydrogen (secondary N) is 5. The van der Waals surface area contributed by atoms with Crippen LogP contribution in [0.25, 0.3) is 54.3 Å². The van der Waals surface area contributed by atoms with Crippen LogP contribution in [0.3, 0.4) is 0 Å². The van der Waals surface area contributed by atoms with Gasteiger partial charge in [0.15, 0.2) is 5.82 Å². The van der Waals surface area contributed by atoms with E-state index >= 15 is 0 Å². The Balaban J connectivity index is 0.614. The van der Waals surface area contributed by atoms with Crippen molar-refractivity contribution >= 4 is 92.6 Å². The molecule has 1 saturated heterocycles. The third kappa shape index (κ3) is 26.1. The van der Waals surface area contributed by atoms with Crippen molar-refractivity contribution in [3.05, 3.63) is 255 Å². The lowest BCUT2D eigenvalue weighted by Gasteiger charge is -2.42. The fourth-order valence-electron chi connectivity index (χ4n) is 16.0. The molecule has 0 saturated carbocycles. The number of amides is 7. The Morgan fingerprint density at radius 2 is 1.44 bits per heavy atom. The summed E-state index contributed by atoms with van der Waals surface area (Å²) in [6.45, 7) is 8.09. The minimum absolute atomic E-state index is 0.00113. The summed E-state index contributed by atoms with van der Waals surface area (Å²) in [7, 11) is 3.74. The number of anilines is 1. The Morgan fingerprint density at radius 1 is 0.743 bits per heavy atom. The first-order valence-electron chi connectivity index (χ1n) is 43.9. The van der Waals surface area contributed by atoms with Gasteiger partial charge in [0.2, 0.25) is 29.7 Å². The SMILES string of the molecule is C#CCOCc1cc(NC(=O)[C@H](CCCNC(N)=O)NC(=O)[C@@H](NC(=O)OCCN(CCOC(=O)Oc2ccc([N+](=O)[O-])cc2)C(=O)CCNC(=O)OCC2c3ccccc3-c3ccccc32)C(C)C)ccc1C[N+]1(C)CCN(CCOc2ccc(-c3c(-c4ccc(F)cc4)sc4ncnc(O[C@H](Cc5ccccc5OCc5ccnc(-c6ccccc6OC)n5)C(=O)O)c34)c(C)c2Cl)CC1. The van der Waals surface area contributed by atoms with Gasteiger partial charge >= 0.3 is 30.3 Å². The van der Waals surface area contributed by atoms with Crippen LogP contribution in [-0.2, 0) is 64.3 Å². The van der Waals surface area contributed by atoms with Crippen LogP contribution in [0.1, 0.15) is 78.1 Å². The molecule has 7 amide bonds. The summed E-state index contributed by atoms with van der Waals surface area (Å²) in [6.07, 6.45) is 3.85. The number of nitrogens with two attached hydrogens (primary N) is 1. The molecule has 3 aromatic heterocycles. The van der Waals surface area contributed by atoms with Crippen LogP contribution in [0.15, 0.2) is 195 Å². The predicted octanol–water partition coefficient (Wildman–Crippen LogP) is 14.2. The number of para-hydroxylation sites is 2. The van der Waals surface area contributed by atoms with Crippen LogP contribution in [-0.4, -0.2) is 217 Å². The first-order valence-corrected chi connectivity index (χ1v) is 45.1. The van der Waals surface area contributed by atoms with Gasteiger partial charge in [0, 0.05) is 91.5 Å². The molecule has 0 unspecified atom stereocenters. The third-order valence-corrected chi connectivity index (χ3v) is 24.7. The number of carbonyl (C=O) groups is 8. The normalized spacial score (nSPS) is 13.3. The summed E-state index contributed by atoms with van der Waals surface area (Å²) in [5, 5.41) is 36.2. The van der Waals surface area contributed by atoms with Gasteiger partial charge in [-0.25, -0.2) is 48.3 Å². The number of thiophene rings is 1. The molecular weight excluding hydrogens is 1790 g/mol. The van der Waals surface area contributed by atoms with Crippen molar-refractivity contribution in [2.75, 3.05) is 111 Å². The Hall–Kier alpha value is -14.9. The lowest BCUT2D eigenvalue weighted by molar-refractivity contribution is -0.926. The number of non-ortho nitro benzene ring substituents is 1. The highest BCUT2D eigenvalue weighted by atomic mass is 35.5. The minimum atomic E-state index is -1.48. The number of benzene rings is 8. The quantitative estimate of drug-likeness (QED) is 0.00272. The Bertz CT molecular complexity index is 6130. The largest absolute Gasteiger partial charge is 0.513 e. The van der Waals surface area contributed by atoms with E-state index in [1.165, 1.54) is 46.8 Å². The van der Waals surface area contributed by atoms with Gasteiger partial charge < -0.3 is 89.4 Å². The van der Waals surface area contributed by atoms with Crippen molar-refractivity contribution in [3.8, 4) is 85.3 Å². The lowest BCUT2D eigenvalue weighted by Crippen LogP contribution is -2.57. The van der Waals surface area contributed by atoms with Crippen LogP contribution in [0.4, 0.5) is 34.9 Å². The maximum atomic E-state index is 14.6. The summed E-state index contributed by atoms with van der Waals surface area (Å²) in [5.41, 5.74) is 15.6. The van der Waals surface area contributed by atoms with Gasteiger partial charge in [0.25, 0.3) is 5.69 Å². The van der Waals surface area contributed by atoms with E-state index in [2.05, 4.69) is 59.4 Å². The molecule has 37 heteroatoms. The summed E-state index contributed by atoms with van der Waals surface area (Å²) in [5.74, 6) is -0.125. The number of nitro benzene ring substituents is 1. The first kappa shape index (κ1) is 98.6. The number of aliphatic carboxylic acids is 1. The fraction of sp³-hybridized carbons (Fsp3) is 0.313. The lowest BCUT2D eigenvalue weighted by atomic mass is 9.96. The number of carboxylic acid groups (broad SMARTS) is 1. The number of hydrogen-bond donors (Lipinski definition) is 7. The zero-order chi connectivity index (χ0) is 96.4. The molecule has 1 aliphatic heterocycles. The number of halogens is 2. The number of carboxylic acids is 1. The highest BCUT2D eigenvalue weighted by molar-refractivity contribution is 7.22. The van der Waals surface area contributed by atoms with E-state index in [0.29, 0.717) is 119 Å². The van der Waals surface area contributed by atoms with E-state index in [0.717, 1.165) is 58.6 Å².